The zero-order valence-electron chi connectivity index (χ0n) is 10.2. The number of aromatic nitrogens is 2. The first-order valence-corrected chi connectivity index (χ1v) is 6.27. The third-order valence-electron chi connectivity index (χ3n) is 2.45. The van der Waals surface area contributed by atoms with Crippen LogP contribution in [0.5, 0.6) is 5.75 Å². The topological polar surface area (TPSA) is 44.1 Å². The predicted molar refractivity (Wildman–Crippen MR) is 70.7 cm³/mol. The van der Waals surface area contributed by atoms with Gasteiger partial charge in [0.1, 0.15) is 10.8 Å². The Labute approximate surface area is 126 Å². The van der Waals surface area contributed by atoms with Gasteiger partial charge in [0.2, 0.25) is 0 Å². The maximum atomic E-state index is 12.0. The maximum Gasteiger partial charge on any atom is 0.573 e. The molecular weight excluding hydrogens is 332 g/mol. The third-order valence-corrected chi connectivity index (χ3v) is 3.17. The number of benzene rings is 1. The van der Waals surface area contributed by atoms with Crippen LogP contribution in [-0.2, 0) is 6.54 Å². The molecule has 112 valence electrons. The minimum Gasteiger partial charge on any atom is -0.406 e. The molecule has 21 heavy (non-hydrogen) atoms. The molecule has 9 heteroatoms. The first-order chi connectivity index (χ1) is 9.76. The normalized spacial score (nSPS) is 11.5. The molecule has 1 aromatic carbocycles. The first kappa shape index (κ1) is 15.7. The second kappa shape index (κ2) is 5.95. The molecule has 0 aliphatic heterocycles. The van der Waals surface area contributed by atoms with Crippen molar-refractivity contribution in [3.05, 3.63) is 56.7 Å². The minimum atomic E-state index is -4.74. The Bertz CT molecular complexity index is 699. The predicted octanol–water partition coefficient (Wildman–Crippen LogP) is 3.50. The van der Waals surface area contributed by atoms with Crippen molar-refractivity contribution >= 4 is 23.2 Å². The van der Waals surface area contributed by atoms with Gasteiger partial charge in [-0.2, -0.15) is 0 Å². The van der Waals surface area contributed by atoms with Gasteiger partial charge in [-0.05, 0) is 17.7 Å². The van der Waals surface area contributed by atoms with E-state index in [0.29, 0.717) is 5.56 Å². The summed E-state index contributed by atoms with van der Waals surface area (Å²) in [5, 5.41) is -0.317. The van der Waals surface area contributed by atoms with Crippen molar-refractivity contribution in [1.29, 1.82) is 0 Å². The van der Waals surface area contributed by atoms with Crippen LogP contribution in [0.4, 0.5) is 13.2 Å². The van der Waals surface area contributed by atoms with E-state index in [1.54, 1.807) is 0 Å². The summed E-state index contributed by atoms with van der Waals surface area (Å²) in [5.74, 6) is -0.342. The molecule has 0 unspecified atom stereocenters. The quantitative estimate of drug-likeness (QED) is 0.804. The van der Waals surface area contributed by atoms with Gasteiger partial charge in [-0.3, -0.25) is 9.36 Å². The van der Waals surface area contributed by atoms with E-state index in [-0.39, 0.29) is 22.5 Å². The van der Waals surface area contributed by atoms with Crippen molar-refractivity contribution in [1.82, 2.24) is 9.55 Å². The summed E-state index contributed by atoms with van der Waals surface area (Å²) in [6.45, 7) is 0.0923. The summed E-state index contributed by atoms with van der Waals surface area (Å²) in [7, 11) is 0. The highest BCUT2D eigenvalue weighted by Gasteiger charge is 2.30. The molecule has 0 spiro atoms. The standard InChI is InChI=1S/C12H7Cl2F3N2O2/c13-9-10(14)18-6-19(11(9)20)5-7-1-3-8(4-2-7)21-12(15,16)17/h1-4,6H,5H2. The lowest BCUT2D eigenvalue weighted by atomic mass is 10.2. The van der Waals surface area contributed by atoms with Crippen LogP contribution in [0.25, 0.3) is 0 Å². The number of rotatable bonds is 3. The summed E-state index contributed by atoms with van der Waals surface area (Å²) in [4.78, 5) is 15.5. The van der Waals surface area contributed by atoms with Crippen LogP contribution < -0.4 is 10.3 Å². The number of ether oxygens (including phenoxy) is 1. The first-order valence-electron chi connectivity index (χ1n) is 5.51. The molecule has 1 aromatic heterocycles. The second-order valence-electron chi connectivity index (χ2n) is 3.97. The fourth-order valence-corrected chi connectivity index (χ4v) is 1.83. The molecular formula is C12H7Cl2F3N2O2. The van der Waals surface area contributed by atoms with Crippen LogP contribution in [0, 0.1) is 0 Å². The van der Waals surface area contributed by atoms with Gasteiger partial charge in [0.25, 0.3) is 5.56 Å². The number of halogens is 5. The van der Waals surface area contributed by atoms with E-state index in [1.165, 1.54) is 23.0 Å². The van der Waals surface area contributed by atoms with Crippen LogP contribution in [0.2, 0.25) is 10.2 Å². The molecule has 0 saturated carbocycles. The van der Waals surface area contributed by atoms with Gasteiger partial charge in [0.05, 0.1) is 12.9 Å². The van der Waals surface area contributed by atoms with Crippen molar-refractivity contribution in [2.24, 2.45) is 0 Å². The fourth-order valence-electron chi connectivity index (χ4n) is 1.55. The van der Waals surface area contributed by atoms with Gasteiger partial charge in [0, 0.05) is 0 Å². The lowest BCUT2D eigenvalue weighted by Crippen LogP contribution is -2.21. The Kier molecular flexibility index (Phi) is 4.43. The molecule has 0 aliphatic carbocycles. The highest BCUT2D eigenvalue weighted by molar-refractivity contribution is 6.40. The van der Waals surface area contributed by atoms with Crippen molar-refractivity contribution in [2.45, 2.75) is 12.9 Å². The molecule has 0 radical (unpaired) electrons. The number of hydrogen-bond acceptors (Lipinski definition) is 3. The monoisotopic (exact) mass is 338 g/mol. The van der Waals surface area contributed by atoms with Gasteiger partial charge in [-0.15, -0.1) is 13.2 Å². The smallest absolute Gasteiger partial charge is 0.406 e. The lowest BCUT2D eigenvalue weighted by Gasteiger charge is -2.10. The Morgan fingerprint density at radius 2 is 1.81 bits per heavy atom. The van der Waals surface area contributed by atoms with Crippen LogP contribution in [0.3, 0.4) is 0 Å². The SMILES string of the molecule is O=c1c(Cl)c(Cl)ncn1Cc1ccc(OC(F)(F)F)cc1. The van der Waals surface area contributed by atoms with Crippen LogP contribution in [0.1, 0.15) is 5.56 Å². The van der Waals surface area contributed by atoms with E-state index in [1.807, 2.05) is 0 Å². The Morgan fingerprint density at radius 1 is 1.19 bits per heavy atom. The van der Waals surface area contributed by atoms with E-state index in [0.717, 1.165) is 12.1 Å². The molecule has 0 bridgehead atoms. The summed E-state index contributed by atoms with van der Waals surface area (Å²) in [6, 6.07) is 5.10. The van der Waals surface area contributed by atoms with Crippen LogP contribution in [-0.4, -0.2) is 15.9 Å². The lowest BCUT2D eigenvalue weighted by molar-refractivity contribution is -0.274. The molecule has 0 fully saturated rings. The van der Waals surface area contributed by atoms with Crippen LogP contribution in [0.15, 0.2) is 35.4 Å². The van der Waals surface area contributed by atoms with Crippen molar-refractivity contribution in [3.63, 3.8) is 0 Å². The van der Waals surface area contributed by atoms with Gasteiger partial charge in [-0.1, -0.05) is 35.3 Å². The van der Waals surface area contributed by atoms with E-state index in [9.17, 15) is 18.0 Å². The summed E-state index contributed by atoms with van der Waals surface area (Å²) in [6.07, 6.45) is -3.54. The molecule has 0 saturated heterocycles. The molecule has 2 rings (SSSR count). The highest BCUT2D eigenvalue weighted by atomic mass is 35.5. The van der Waals surface area contributed by atoms with Gasteiger partial charge in [0.15, 0.2) is 5.15 Å². The van der Waals surface area contributed by atoms with Gasteiger partial charge < -0.3 is 4.74 Å². The molecule has 4 nitrogen and oxygen atoms in total. The number of hydrogen-bond donors (Lipinski definition) is 0. The Morgan fingerprint density at radius 3 is 2.38 bits per heavy atom. The molecule has 0 atom stereocenters. The Balaban J connectivity index is 2.18. The average Bonchev–Trinajstić information content (AvgIpc) is 2.40. The van der Waals surface area contributed by atoms with Crippen molar-refractivity contribution in [2.75, 3.05) is 0 Å². The summed E-state index contributed by atoms with van der Waals surface area (Å²) in [5.41, 5.74) is 0.0408. The van der Waals surface area contributed by atoms with E-state index in [2.05, 4.69) is 9.72 Å². The number of alkyl halides is 3. The van der Waals surface area contributed by atoms with Crippen molar-refractivity contribution < 1.29 is 17.9 Å². The summed E-state index contributed by atoms with van der Waals surface area (Å²) >= 11 is 11.3. The van der Waals surface area contributed by atoms with Crippen LogP contribution >= 0.6 is 23.2 Å². The van der Waals surface area contributed by atoms with Gasteiger partial charge >= 0.3 is 6.36 Å². The van der Waals surface area contributed by atoms with Crippen molar-refractivity contribution in [3.8, 4) is 5.75 Å². The molecule has 0 aliphatic rings. The van der Waals surface area contributed by atoms with E-state index < -0.39 is 11.9 Å². The zero-order valence-corrected chi connectivity index (χ0v) is 11.7. The fraction of sp³-hybridized carbons (Fsp3) is 0.167. The molecule has 2 aromatic rings. The Hall–Kier alpha value is -1.73. The highest BCUT2D eigenvalue weighted by Crippen LogP contribution is 2.23. The van der Waals surface area contributed by atoms with E-state index >= 15 is 0 Å². The minimum absolute atomic E-state index is 0.0923. The summed E-state index contributed by atoms with van der Waals surface area (Å²) < 4.78 is 41.0. The number of nitrogens with zero attached hydrogens (tertiary/aromatic N) is 2. The largest absolute Gasteiger partial charge is 0.573 e. The second-order valence-corrected chi connectivity index (χ2v) is 4.71. The zero-order chi connectivity index (χ0) is 15.6. The average molecular weight is 339 g/mol. The molecule has 0 N–H and O–H groups in total. The molecule has 1 heterocycles. The molecule has 0 amide bonds. The van der Waals surface area contributed by atoms with E-state index in [4.69, 9.17) is 23.2 Å². The third kappa shape index (κ3) is 4.12. The van der Waals surface area contributed by atoms with Gasteiger partial charge in [-0.25, -0.2) is 4.98 Å². The maximum absolute atomic E-state index is 12.0.